The predicted molar refractivity (Wildman–Crippen MR) is 80.9 cm³/mol. The largest absolute Gasteiger partial charge is 0.489 e. The highest BCUT2D eigenvalue weighted by molar-refractivity contribution is 5.97. The van der Waals surface area contributed by atoms with Crippen molar-refractivity contribution in [3.8, 4) is 11.5 Å². The van der Waals surface area contributed by atoms with Crippen LogP contribution in [0.3, 0.4) is 0 Å². The fourth-order valence-electron chi connectivity index (χ4n) is 2.48. The van der Waals surface area contributed by atoms with Crippen LogP contribution in [-0.4, -0.2) is 18.5 Å². The minimum Gasteiger partial charge on any atom is -0.489 e. The number of ether oxygens (including phenoxy) is 2. The smallest absolute Gasteiger partial charge is 0.163 e. The van der Waals surface area contributed by atoms with E-state index in [-0.39, 0.29) is 11.9 Å². The Balaban J connectivity index is 1.68. The van der Waals surface area contributed by atoms with Crippen LogP contribution in [-0.2, 0) is 6.42 Å². The molecule has 0 radical (unpaired) electrons. The van der Waals surface area contributed by atoms with E-state index in [9.17, 15) is 4.79 Å². The lowest BCUT2D eigenvalue weighted by Crippen LogP contribution is -2.23. The molecular formula is C17H17NO3. The zero-order chi connectivity index (χ0) is 14.8. The Bertz CT molecular complexity index is 656. The van der Waals surface area contributed by atoms with Gasteiger partial charge in [0.2, 0.25) is 0 Å². The summed E-state index contributed by atoms with van der Waals surface area (Å²) in [5, 5.41) is 0. The van der Waals surface area contributed by atoms with Crippen LogP contribution >= 0.6 is 0 Å². The van der Waals surface area contributed by atoms with E-state index >= 15 is 0 Å². The molecule has 21 heavy (non-hydrogen) atoms. The molecule has 0 saturated carbocycles. The van der Waals surface area contributed by atoms with E-state index in [1.807, 2.05) is 18.2 Å². The molecule has 1 aliphatic rings. The van der Waals surface area contributed by atoms with Crippen molar-refractivity contribution in [3.63, 3.8) is 0 Å². The van der Waals surface area contributed by atoms with E-state index in [1.165, 1.54) is 12.5 Å². The number of nitrogens with two attached hydrogens (primary N) is 1. The summed E-state index contributed by atoms with van der Waals surface area (Å²) < 4.78 is 11.6. The molecule has 0 amide bonds. The lowest BCUT2D eigenvalue weighted by atomic mass is 10.1. The van der Waals surface area contributed by atoms with E-state index < -0.39 is 0 Å². The molecule has 0 bridgehead atoms. The lowest BCUT2D eigenvalue weighted by molar-refractivity contribution is 0.100. The molecule has 0 fully saturated rings. The summed E-state index contributed by atoms with van der Waals surface area (Å²) in [6.45, 7) is 1.91. The monoisotopic (exact) mass is 283 g/mol. The Kier molecular flexibility index (Phi) is 3.52. The zero-order valence-corrected chi connectivity index (χ0v) is 11.8. The van der Waals surface area contributed by atoms with Gasteiger partial charge in [0, 0.05) is 12.1 Å². The highest BCUT2D eigenvalue weighted by Gasteiger charge is 2.23. The number of ketones is 1. The Labute approximate surface area is 123 Å². The van der Waals surface area contributed by atoms with Crippen molar-refractivity contribution >= 4 is 11.5 Å². The third kappa shape index (κ3) is 2.84. The third-order valence-electron chi connectivity index (χ3n) is 3.52. The molecule has 2 aromatic carbocycles. The van der Waals surface area contributed by atoms with Crippen LogP contribution in [0.25, 0.3) is 0 Å². The number of Topliss-reactive ketones (excluding diaryl/α,β-unsaturated/α-hetero) is 1. The first-order valence-corrected chi connectivity index (χ1v) is 6.91. The van der Waals surface area contributed by atoms with Crippen LogP contribution in [0, 0.1) is 0 Å². The van der Waals surface area contributed by atoms with Gasteiger partial charge in [-0.25, -0.2) is 0 Å². The zero-order valence-electron chi connectivity index (χ0n) is 11.8. The number of fused-ring (bicyclic) bond motifs is 1. The number of hydrogen-bond donors (Lipinski definition) is 1. The van der Waals surface area contributed by atoms with Crippen LogP contribution in [0.1, 0.15) is 22.8 Å². The fraction of sp³-hybridized carbons (Fsp3) is 0.235. The van der Waals surface area contributed by atoms with Gasteiger partial charge in [0.15, 0.2) is 5.78 Å². The van der Waals surface area contributed by atoms with Gasteiger partial charge in [-0.05, 0) is 36.8 Å². The van der Waals surface area contributed by atoms with Crippen molar-refractivity contribution in [2.75, 3.05) is 12.3 Å². The Hall–Kier alpha value is -2.49. The van der Waals surface area contributed by atoms with Crippen molar-refractivity contribution in [2.24, 2.45) is 0 Å². The number of nitrogen functional groups attached to an aromatic ring is 1. The first-order valence-electron chi connectivity index (χ1n) is 6.91. The number of rotatable bonds is 4. The summed E-state index contributed by atoms with van der Waals surface area (Å²) in [7, 11) is 0. The highest BCUT2D eigenvalue weighted by Crippen LogP contribution is 2.29. The maximum atomic E-state index is 11.6. The van der Waals surface area contributed by atoms with Gasteiger partial charge in [-0.2, -0.15) is 0 Å². The number of hydrogen-bond acceptors (Lipinski definition) is 4. The molecule has 1 aliphatic heterocycles. The molecule has 3 rings (SSSR count). The van der Waals surface area contributed by atoms with Gasteiger partial charge in [-0.15, -0.1) is 0 Å². The lowest BCUT2D eigenvalue weighted by Gasteiger charge is -2.14. The van der Waals surface area contributed by atoms with Gasteiger partial charge in [-0.3, -0.25) is 4.79 Å². The molecule has 1 unspecified atom stereocenters. The molecule has 4 heteroatoms. The van der Waals surface area contributed by atoms with Crippen LogP contribution in [0.4, 0.5) is 5.69 Å². The van der Waals surface area contributed by atoms with E-state index in [1.54, 1.807) is 18.2 Å². The number of carbonyl (C=O) groups excluding carboxylic acids is 1. The minimum absolute atomic E-state index is 0.0280. The normalized spacial score (nSPS) is 16.1. The maximum Gasteiger partial charge on any atom is 0.163 e. The average Bonchev–Trinajstić information content (AvgIpc) is 2.88. The van der Waals surface area contributed by atoms with E-state index in [0.29, 0.717) is 23.6 Å². The fourth-order valence-corrected chi connectivity index (χ4v) is 2.48. The molecule has 0 aromatic heterocycles. The topological polar surface area (TPSA) is 61.6 Å². The molecule has 0 aliphatic carbocycles. The molecule has 1 atom stereocenters. The first kappa shape index (κ1) is 13.5. The Morgan fingerprint density at radius 2 is 2.14 bits per heavy atom. The van der Waals surface area contributed by atoms with Gasteiger partial charge in [0.1, 0.15) is 24.2 Å². The number of carbonyl (C=O) groups is 1. The Morgan fingerprint density at radius 3 is 2.90 bits per heavy atom. The molecule has 2 aromatic rings. The van der Waals surface area contributed by atoms with Gasteiger partial charge < -0.3 is 15.2 Å². The second-order valence-corrected chi connectivity index (χ2v) is 5.17. The van der Waals surface area contributed by atoms with E-state index in [0.717, 1.165) is 12.2 Å². The summed E-state index contributed by atoms with van der Waals surface area (Å²) in [5.74, 6) is 1.40. The molecule has 1 heterocycles. The predicted octanol–water partition coefficient (Wildman–Crippen LogP) is 2.85. The summed E-state index contributed by atoms with van der Waals surface area (Å²) in [4.78, 5) is 11.6. The minimum atomic E-state index is -0.0621. The average molecular weight is 283 g/mol. The molecule has 4 nitrogen and oxygen atoms in total. The molecule has 0 spiro atoms. The summed E-state index contributed by atoms with van der Waals surface area (Å²) in [6, 6.07) is 13.1. The van der Waals surface area contributed by atoms with E-state index in [4.69, 9.17) is 15.2 Å². The summed E-state index contributed by atoms with van der Waals surface area (Å²) in [5.41, 5.74) is 7.96. The maximum absolute atomic E-state index is 11.6. The third-order valence-corrected chi connectivity index (χ3v) is 3.52. The van der Waals surface area contributed by atoms with Crippen molar-refractivity contribution in [2.45, 2.75) is 19.4 Å². The van der Waals surface area contributed by atoms with Gasteiger partial charge >= 0.3 is 0 Å². The number of anilines is 1. The van der Waals surface area contributed by atoms with Crippen molar-refractivity contribution < 1.29 is 14.3 Å². The molecule has 108 valence electrons. The van der Waals surface area contributed by atoms with Gasteiger partial charge in [0.25, 0.3) is 0 Å². The standard InChI is InChI=1S/C17H17NO3/c1-11(19)15-9-13(18)6-7-17(15)20-10-14-8-12-4-2-3-5-16(12)21-14/h2-7,9,14H,8,10,18H2,1H3. The van der Waals surface area contributed by atoms with Crippen molar-refractivity contribution in [3.05, 3.63) is 53.6 Å². The van der Waals surface area contributed by atoms with Crippen LogP contribution in [0.2, 0.25) is 0 Å². The van der Waals surface area contributed by atoms with Crippen molar-refractivity contribution in [1.29, 1.82) is 0 Å². The van der Waals surface area contributed by atoms with Crippen molar-refractivity contribution in [1.82, 2.24) is 0 Å². The van der Waals surface area contributed by atoms with E-state index in [2.05, 4.69) is 6.07 Å². The van der Waals surface area contributed by atoms with Crippen LogP contribution < -0.4 is 15.2 Å². The number of benzene rings is 2. The quantitative estimate of drug-likeness (QED) is 0.692. The summed E-state index contributed by atoms with van der Waals surface area (Å²) >= 11 is 0. The second kappa shape index (κ2) is 5.48. The van der Waals surface area contributed by atoms with Gasteiger partial charge in [-0.1, -0.05) is 18.2 Å². The Morgan fingerprint density at radius 1 is 1.33 bits per heavy atom. The highest BCUT2D eigenvalue weighted by atomic mass is 16.5. The SMILES string of the molecule is CC(=O)c1cc(N)ccc1OCC1Cc2ccccc2O1. The molecule has 0 saturated heterocycles. The second-order valence-electron chi connectivity index (χ2n) is 5.17. The van der Waals surface area contributed by atoms with Gasteiger partial charge in [0.05, 0.1) is 5.56 Å². The van der Waals surface area contributed by atoms with Crippen LogP contribution in [0.15, 0.2) is 42.5 Å². The number of para-hydroxylation sites is 1. The summed E-state index contributed by atoms with van der Waals surface area (Å²) in [6.07, 6.45) is 0.792. The molecular weight excluding hydrogens is 266 g/mol. The first-order chi connectivity index (χ1) is 10.1. The molecule has 2 N–H and O–H groups in total. The van der Waals surface area contributed by atoms with Crippen LogP contribution in [0.5, 0.6) is 11.5 Å².